The van der Waals surface area contributed by atoms with Crippen LogP contribution >= 0.6 is 0 Å². The number of Topliss-reactive ketones (excluding diaryl/α,β-unsaturated/α-hetero) is 1. The van der Waals surface area contributed by atoms with E-state index in [9.17, 15) is 18.8 Å². The third-order valence-electron chi connectivity index (χ3n) is 8.28. The number of nitrogens with zero attached hydrogens (tertiary/aromatic N) is 2. The van der Waals surface area contributed by atoms with Crippen LogP contribution in [0.5, 0.6) is 0 Å². The van der Waals surface area contributed by atoms with E-state index in [1.807, 2.05) is 26.0 Å². The van der Waals surface area contributed by atoms with Crippen molar-refractivity contribution in [3.63, 3.8) is 0 Å². The van der Waals surface area contributed by atoms with Crippen LogP contribution in [0, 0.1) is 11.7 Å². The normalized spacial score (nSPS) is 22.4. The van der Waals surface area contributed by atoms with Crippen molar-refractivity contribution in [3.05, 3.63) is 53.0 Å². The fourth-order valence-electron chi connectivity index (χ4n) is 5.98. The molecule has 2 saturated heterocycles. The quantitative estimate of drug-likeness (QED) is 0.398. The SMILES string of the molecule is CCC(CC)Nc1cc(C(=O)NC2C[C@H]3CC[C@@H](C2)N3c2ccc(C(=O)C3CC3)cn2)c(F)cc1C(N)=O. The number of nitrogens with one attached hydrogen (secondary N) is 2. The molecule has 3 heterocycles. The van der Waals surface area contributed by atoms with Crippen LogP contribution in [0.4, 0.5) is 15.9 Å². The Hall–Kier alpha value is -3.49. The largest absolute Gasteiger partial charge is 0.382 e. The lowest BCUT2D eigenvalue weighted by molar-refractivity contribution is 0.0920. The molecule has 3 aliphatic rings. The van der Waals surface area contributed by atoms with Crippen LogP contribution in [-0.4, -0.2) is 46.7 Å². The van der Waals surface area contributed by atoms with Gasteiger partial charge in [0.25, 0.3) is 11.8 Å². The highest BCUT2D eigenvalue weighted by Gasteiger charge is 2.42. The Labute approximate surface area is 222 Å². The second-order valence-corrected chi connectivity index (χ2v) is 10.9. The van der Waals surface area contributed by atoms with Crippen molar-refractivity contribution in [1.82, 2.24) is 10.3 Å². The van der Waals surface area contributed by atoms with Crippen molar-refractivity contribution in [2.45, 2.75) is 89.4 Å². The molecule has 1 unspecified atom stereocenters. The summed E-state index contributed by atoms with van der Waals surface area (Å²) in [5, 5.41) is 6.28. The molecule has 202 valence electrons. The van der Waals surface area contributed by atoms with Crippen molar-refractivity contribution in [2.24, 2.45) is 11.7 Å². The van der Waals surface area contributed by atoms with Crippen LogP contribution < -0.4 is 21.3 Å². The van der Waals surface area contributed by atoms with Crippen molar-refractivity contribution < 1.29 is 18.8 Å². The van der Waals surface area contributed by atoms with Gasteiger partial charge in [-0.2, -0.15) is 0 Å². The highest BCUT2D eigenvalue weighted by atomic mass is 19.1. The van der Waals surface area contributed by atoms with Crippen LogP contribution in [0.25, 0.3) is 0 Å². The molecule has 38 heavy (non-hydrogen) atoms. The second kappa shape index (κ2) is 10.7. The lowest BCUT2D eigenvalue weighted by atomic mass is 9.96. The van der Waals surface area contributed by atoms with E-state index in [1.54, 1.807) is 6.20 Å². The molecule has 4 N–H and O–H groups in total. The number of primary amides is 1. The number of nitrogens with two attached hydrogens (primary N) is 1. The Morgan fingerprint density at radius 3 is 2.29 bits per heavy atom. The summed E-state index contributed by atoms with van der Waals surface area (Å²) < 4.78 is 15.0. The molecule has 0 spiro atoms. The average Bonchev–Trinajstić information content (AvgIpc) is 3.72. The average molecular weight is 522 g/mol. The molecule has 2 bridgehead atoms. The number of hydrogen-bond donors (Lipinski definition) is 3. The van der Waals surface area contributed by atoms with E-state index < -0.39 is 17.6 Å². The van der Waals surface area contributed by atoms with Gasteiger partial charge in [0.05, 0.1) is 11.1 Å². The Morgan fingerprint density at radius 1 is 1.05 bits per heavy atom. The summed E-state index contributed by atoms with van der Waals surface area (Å²) in [6.45, 7) is 4.03. The summed E-state index contributed by atoms with van der Waals surface area (Å²) in [7, 11) is 0. The fraction of sp³-hybridized carbons (Fsp3) is 0.517. The number of fused-ring (bicyclic) bond motifs is 2. The van der Waals surface area contributed by atoms with Crippen molar-refractivity contribution in [2.75, 3.05) is 10.2 Å². The van der Waals surface area contributed by atoms with Crippen molar-refractivity contribution >= 4 is 29.1 Å². The number of rotatable bonds is 10. The summed E-state index contributed by atoms with van der Waals surface area (Å²) in [5.41, 5.74) is 6.47. The molecule has 3 atom stereocenters. The zero-order valence-corrected chi connectivity index (χ0v) is 22.0. The number of carbonyl (C=O) groups is 3. The van der Waals surface area contributed by atoms with Gasteiger partial charge in [0.15, 0.2) is 5.78 Å². The Bertz CT molecular complexity index is 1210. The van der Waals surface area contributed by atoms with Crippen molar-refractivity contribution in [3.8, 4) is 0 Å². The number of hydrogen-bond acceptors (Lipinski definition) is 6. The highest BCUT2D eigenvalue weighted by Crippen LogP contribution is 2.39. The van der Waals surface area contributed by atoms with Crippen LogP contribution in [-0.2, 0) is 0 Å². The number of piperidine rings is 1. The minimum Gasteiger partial charge on any atom is -0.382 e. The number of amides is 2. The predicted molar refractivity (Wildman–Crippen MR) is 144 cm³/mol. The summed E-state index contributed by atoms with van der Waals surface area (Å²) in [6.07, 6.45) is 8.69. The number of benzene rings is 1. The van der Waals surface area contributed by atoms with Gasteiger partial charge in [0.1, 0.15) is 11.6 Å². The summed E-state index contributed by atoms with van der Waals surface area (Å²) in [6, 6.07) is 6.67. The predicted octanol–water partition coefficient (Wildman–Crippen LogP) is 4.44. The number of ketones is 1. The minimum absolute atomic E-state index is 0.0367. The number of aromatic nitrogens is 1. The van der Waals surface area contributed by atoms with E-state index in [4.69, 9.17) is 5.73 Å². The van der Waals surface area contributed by atoms with Crippen LogP contribution in [0.1, 0.15) is 96.3 Å². The molecule has 5 rings (SSSR count). The topological polar surface area (TPSA) is 117 Å². The third kappa shape index (κ3) is 5.24. The number of anilines is 2. The van der Waals surface area contributed by atoms with Crippen LogP contribution in [0.3, 0.4) is 0 Å². The highest BCUT2D eigenvalue weighted by molar-refractivity contribution is 6.02. The van der Waals surface area contributed by atoms with E-state index in [0.29, 0.717) is 11.3 Å². The van der Waals surface area contributed by atoms with Crippen LogP contribution in [0.15, 0.2) is 30.5 Å². The molecule has 3 fully saturated rings. The molecule has 1 saturated carbocycles. The molecule has 2 aromatic rings. The molecule has 0 radical (unpaired) electrons. The number of carbonyl (C=O) groups excluding carboxylic acids is 3. The fourth-order valence-corrected chi connectivity index (χ4v) is 5.98. The molecule has 1 aromatic carbocycles. The Kier molecular flexibility index (Phi) is 7.36. The maximum absolute atomic E-state index is 15.0. The number of pyridine rings is 1. The van der Waals surface area contributed by atoms with E-state index in [-0.39, 0.29) is 47.0 Å². The number of halogens is 1. The maximum Gasteiger partial charge on any atom is 0.254 e. The molecular weight excluding hydrogens is 485 g/mol. The first-order chi connectivity index (χ1) is 18.3. The Balaban J connectivity index is 1.27. The van der Waals surface area contributed by atoms with Gasteiger partial charge in [-0.15, -0.1) is 0 Å². The van der Waals surface area contributed by atoms with Gasteiger partial charge in [-0.3, -0.25) is 14.4 Å². The first kappa shape index (κ1) is 26.1. The van der Waals surface area contributed by atoms with E-state index >= 15 is 0 Å². The zero-order valence-electron chi connectivity index (χ0n) is 22.0. The van der Waals surface area contributed by atoms with E-state index in [2.05, 4.69) is 20.5 Å². The van der Waals surface area contributed by atoms with E-state index in [0.717, 1.165) is 63.3 Å². The van der Waals surface area contributed by atoms with Gasteiger partial charge in [-0.05, 0) is 75.6 Å². The molecule has 2 amide bonds. The van der Waals surface area contributed by atoms with Gasteiger partial charge in [-0.1, -0.05) is 13.8 Å². The second-order valence-electron chi connectivity index (χ2n) is 10.9. The lowest BCUT2D eigenvalue weighted by Crippen LogP contribution is -2.51. The van der Waals surface area contributed by atoms with E-state index in [1.165, 1.54) is 6.07 Å². The minimum atomic E-state index is -0.767. The van der Waals surface area contributed by atoms with Gasteiger partial charge in [-0.25, -0.2) is 9.37 Å². The molecule has 1 aromatic heterocycles. The smallest absolute Gasteiger partial charge is 0.254 e. The zero-order chi connectivity index (χ0) is 27.0. The monoisotopic (exact) mass is 521 g/mol. The lowest BCUT2D eigenvalue weighted by Gasteiger charge is -2.40. The van der Waals surface area contributed by atoms with Crippen LogP contribution in [0.2, 0.25) is 0 Å². The molecule has 8 nitrogen and oxygen atoms in total. The summed E-state index contributed by atoms with van der Waals surface area (Å²) in [5.74, 6) is -0.794. The maximum atomic E-state index is 15.0. The van der Waals surface area contributed by atoms with Crippen molar-refractivity contribution in [1.29, 1.82) is 0 Å². The van der Waals surface area contributed by atoms with Gasteiger partial charge in [0.2, 0.25) is 0 Å². The summed E-state index contributed by atoms with van der Waals surface area (Å²) >= 11 is 0. The summed E-state index contributed by atoms with van der Waals surface area (Å²) in [4.78, 5) is 44.4. The third-order valence-corrected chi connectivity index (χ3v) is 8.28. The molecular formula is C29H36FN5O3. The Morgan fingerprint density at radius 2 is 1.74 bits per heavy atom. The first-order valence-corrected chi connectivity index (χ1v) is 13.8. The van der Waals surface area contributed by atoms with Gasteiger partial charge >= 0.3 is 0 Å². The standard InChI is InChI=1S/C29H36FN5O3/c1-3-18(4-2)33-25-14-22(24(30)13-23(25)28(31)37)29(38)34-19-11-20-8-9-21(12-19)35(20)26-10-7-17(15-32-26)27(36)16-5-6-16/h7,10,13-16,18-21,33H,3-6,8-9,11-12H2,1-2H3,(H2,31,37)(H,34,38)/t19?,20-,21+. The molecule has 1 aliphatic carbocycles. The van der Waals surface area contributed by atoms with Gasteiger partial charge < -0.3 is 21.3 Å². The first-order valence-electron chi connectivity index (χ1n) is 13.8. The van der Waals surface area contributed by atoms with Gasteiger partial charge in [0, 0.05) is 47.5 Å². The molecule has 2 aliphatic heterocycles. The molecule has 9 heteroatoms.